The van der Waals surface area contributed by atoms with Crippen LogP contribution >= 0.6 is 0 Å². The van der Waals surface area contributed by atoms with Crippen molar-refractivity contribution < 1.29 is 24.2 Å². The monoisotopic (exact) mass is 691 g/mol. The molecule has 0 aromatic heterocycles. The van der Waals surface area contributed by atoms with Crippen molar-refractivity contribution in [2.24, 2.45) is 5.73 Å². The van der Waals surface area contributed by atoms with Crippen LogP contribution in [0, 0.1) is 0 Å². The predicted octanol–water partition coefficient (Wildman–Crippen LogP) is 11.3. The van der Waals surface area contributed by atoms with Crippen molar-refractivity contribution >= 4 is 17.8 Å². The number of hydrogen-bond donors (Lipinski definition) is 3. The molecule has 0 aromatic rings. The van der Waals surface area contributed by atoms with Crippen LogP contribution < -0.4 is 11.1 Å². The van der Waals surface area contributed by atoms with Gasteiger partial charge in [0.05, 0.1) is 0 Å². The van der Waals surface area contributed by atoms with Crippen molar-refractivity contribution in [3.8, 4) is 0 Å². The number of aliphatic carboxylic acids is 1. The molecule has 1 amide bonds. The molecule has 0 aliphatic rings. The lowest BCUT2D eigenvalue weighted by Gasteiger charge is -2.15. The molecule has 0 saturated heterocycles. The first-order valence-electron chi connectivity index (χ1n) is 20.7. The van der Waals surface area contributed by atoms with Gasteiger partial charge in [-0.25, -0.2) is 4.79 Å². The van der Waals surface area contributed by atoms with E-state index in [1.165, 1.54) is 103 Å². The molecule has 0 bridgehead atoms. The van der Waals surface area contributed by atoms with Crippen LogP contribution in [0.4, 0.5) is 0 Å². The van der Waals surface area contributed by atoms with Crippen LogP contribution in [0.25, 0.3) is 0 Å². The van der Waals surface area contributed by atoms with E-state index < -0.39 is 12.0 Å². The minimum atomic E-state index is -1.00. The summed E-state index contributed by atoms with van der Waals surface area (Å²) in [6.07, 6.45) is 40.9. The smallest absolute Gasteiger partial charge is 0.326 e. The lowest BCUT2D eigenvalue weighted by molar-refractivity contribution is -0.147. The van der Waals surface area contributed by atoms with Gasteiger partial charge in [0.25, 0.3) is 0 Å². The van der Waals surface area contributed by atoms with Gasteiger partial charge in [0, 0.05) is 12.8 Å². The van der Waals surface area contributed by atoms with Crippen LogP contribution in [0.2, 0.25) is 0 Å². The highest BCUT2D eigenvalue weighted by molar-refractivity contribution is 5.83. The summed E-state index contributed by atoms with van der Waals surface area (Å²) in [6.45, 7) is 4.92. The van der Waals surface area contributed by atoms with Gasteiger partial charge >= 0.3 is 11.9 Å². The minimum absolute atomic E-state index is 0.0671. The van der Waals surface area contributed by atoms with E-state index in [1.807, 2.05) is 0 Å². The maximum Gasteiger partial charge on any atom is 0.326 e. The topological polar surface area (TPSA) is 119 Å². The van der Waals surface area contributed by atoms with Crippen LogP contribution in [0.1, 0.15) is 206 Å². The second kappa shape index (κ2) is 37.1. The van der Waals surface area contributed by atoms with Crippen LogP contribution in [0.15, 0.2) is 24.3 Å². The first kappa shape index (κ1) is 46.9. The SMILES string of the molecule is CCCCCCC/C=C\CCCCCCCC(=O)OC(/C=C\CCCCCCCC)CCCCCCCCC(=O)NC(CCCN)C(=O)O. The highest BCUT2D eigenvalue weighted by atomic mass is 16.5. The highest BCUT2D eigenvalue weighted by Crippen LogP contribution is 2.16. The number of carbonyl (C=O) groups is 3. The summed E-state index contributed by atoms with van der Waals surface area (Å²) >= 11 is 0. The Morgan fingerprint density at radius 3 is 1.59 bits per heavy atom. The standard InChI is InChI=1S/C42H78N2O5/c1-3-5-7-9-11-13-14-15-16-17-18-20-26-30-36-41(46)49-38(32-27-23-19-12-10-8-6-4-2)33-28-24-21-22-25-29-35-40(45)44-39(42(47)48)34-31-37-43/h14-15,27,32,38-39H,3-13,16-26,28-31,33-37,43H2,1-2H3,(H,44,45)(H,47,48)/b15-14-,32-27-. The van der Waals surface area contributed by atoms with E-state index >= 15 is 0 Å². The van der Waals surface area contributed by atoms with Gasteiger partial charge in [-0.15, -0.1) is 0 Å². The lowest BCUT2D eigenvalue weighted by Crippen LogP contribution is -2.40. The van der Waals surface area contributed by atoms with Gasteiger partial charge in [-0.3, -0.25) is 9.59 Å². The summed E-state index contributed by atoms with van der Waals surface area (Å²) in [7, 11) is 0. The second-order valence-corrected chi connectivity index (χ2v) is 14.0. The first-order chi connectivity index (χ1) is 23.9. The summed E-state index contributed by atoms with van der Waals surface area (Å²) in [5, 5.41) is 11.9. The summed E-state index contributed by atoms with van der Waals surface area (Å²) in [4.78, 5) is 36.1. The largest absolute Gasteiger partial charge is 0.480 e. The Balaban J connectivity index is 4.27. The molecular weight excluding hydrogens is 612 g/mol. The van der Waals surface area contributed by atoms with E-state index in [9.17, 15) is 19.5 Å². The third-order valence-corrected chi connectivity index (χ3v) is 9.22. The number of carbonyl (C=O) groups excluding carboxylic acids is 2. The van der Waals surface area contributed by atoms with E-state index in [0.29, 0.717) is 32.2 Å². The Morgan fingerprint density at radius 2 is 1.06 bits per heavy atom. The van der Waals surface area contributed by atoms with Crippen molar-refractivity contribution in [3.05, 3.63) is 24.3 Å². The van der Waals surface area contributed by atoms with E-state index in [0.717, 1.165) is 64.2 Å². The van der Waals surface area contributed by atoms with E-state index in [4.69, 9.17) is 10.5 Å². The molecule has 0 spiro atoms. The molecule has 0 aliphatic carbocycles. The quantitative estimate of drug-likeness (QED) is 0.0339. The molecule has 0 radical (unpaired) electrons. The van der Waals surface area contributed by atoms with Gasteiger partial charge in [-0.2, -0.15) is 0 Å². The number of hydrogen-bond acceptors (Lipinski definition) is 5. The molecule has 0 heterocycles. The normalized spacial score (nSPS) is 12.9. The molecule has 0 rings (SSSR count). The van der Waals surface area contributed by atoms with Crippen LogP contribution in [-0.4, -0.2) is 41.6 Å². The molecule has 49 heavy (non-hydrogen) atoms. The summed E-state index contributed by atoms with van der Waals surface area (Å²) in [5.41, 5.74) is 5.47. The van der Waals surface area contributed by atoms with Crippen molar-refractivity contribution in [3.63, 3.8) is 0 Å². The Kier molecular flexibility index (Phi) is 35.5. The summed E-state index contributed by atoms with van der Waals surface area (Å²) in [5.74, 6) is -1.27. The molecule has 0 aliphatic heterocycles. The number of allylic oxidation sites excluding steroid dienone is 3. The third-order valence-electron chi connectivity index (χ3n) is 9.22. The first-order valence-corrected chi connectivity index (χ1v) is 20.7. The maximum absolute atomic E-state index is 12.7. The average molecular weight is 691 g/mol. The molecular formula is C42H78N2O5. The number of ether oxygens (including phenoxy) is 1. The minimum Gasteiger partial charge on any atom is -0.480 e. The zero-order valence-electron chi connectivity index (χ0n) is 32.0. The van der Waals surface area contributed by atoms with Crippen molar-refractivity contribution in [1.82, 2.24) is 5.32 Å². The Hall–Kier alpha value is -2.15. The van der Waals surface area contributed by atoms with Crippen LogP contribution in [0.5, 0.6) is 0 Å². The fourth-order valence-electron chi connectivity index (χ4n) is 6.06. The molecule has 4 N–H and O–H groups in total. The van der Waals surface area contributed by atoms with E-state index in [2.05, 4.69) is 43.5 Å². The number of esters is 1. The van der Waals surface area contributed by atoms with E-state index in [1.54, 1.807) is 0 Å². The summed E-state index contributed by atoms with van der Waals surface area (Å²) in [6, 6.07) is -0.852. The number of nitrogens with two attached hydrogens (primary N) is 1. The average Bonchev–Trinajstić information content (AvgIpc) is 3.08. The zero-order chi connectivity index (χ0) is 36.0. The third kappa shape index (κ3) is 34.1. The highest BCUT2D eigenvalue weighted by Gasteiger charge is 2.18. The number of carboxylic acid groups (broad SMARTS) is 1. The van der Waals surface area contributed by atoms with E-state index in [-0.39, 0.29) is 18.0 Å². The Labute approximate surface area is 302 Å². The molecule has 2 unspecified atom stereocenters. The van der Waals surface area contributed by atoms with Crippen LogP contribution in [0.3, 0.4) is 0 Å². The number of rotatable bonds is 37. The van der Waals surface area contributed by atoms with Gasteiger partial charge < -0.3 is 20.9 Å². The molecule has 7 heteroatoms. The van der Waals surface area contributed by atoms with Gasteiger partial charge in [0.15, 0.2) is 0 Å². The van der Waals surface area contributed by atoms with Gasteiger partial charge in [0.1, 0.15) is 12.1 Å². The number of amides is 1. The van der Waals surface area contributed by atoms with Gasteiger partial charge in [0.2, 0.25) is 5.91 Å². The Morgan fingerprint density at radius 1 is 0.592 bits per heavy atom. The maximum atomic E-state index is 12.7. The molecule has 2 atom stereocenters. The molecule has 7 nitrogen and oxygen atoms in total. The number of carboxylic acids is 1. The summed E-state index contributed by atoms with van der Waals surface area (Å²) < 4.78 is 5.94. The van der Waals surface area contributed by atoms with Gasteiger partial charge in [-0.05, 0) is 89.7 Å². The number of unbranched alkanes of at least 4 members (excludes halogenated alkanes) is 21. The van der Waals surface area contributed by atoms with Gasteiger partial charge in [-0.1, -0.05) is 135 Å². The molecule has 0 aromatic carbocycles. The molecule has 286 valence electrons. The Bertz CT molecular complexity index is 828. The molecule has 0 fully saturated rings. The number of nitrogens with one attached hydrogen (secondary N) is 1. The molecule has 0 saturated carbocycles. The fourth-order valence-corrected chi connectivity index (χ4v) is 6.06. The lowest BCUT2D eigenvalue weighted by atomic mass is 10.0. The van der Waals surface area contributed by atoms with Crippen LogP contribution in [-0.2, 0) is 19.1 Å². The zero-order valence-corrected chi connectivity index (χ0v) is 32.0. The van der Waals surface area contributed by atoms with Crippen molar-refractivity contribution in [2.75, 3.05) is 6.54 Å². The predicted molar refractivity (Wildman–Crippen MR) is 207 cm³/mol. The van der Waals surface area contributed by atoms with Crippen molar-refractivity contribution in [1.29, 1.82) is 0 Å². The fraction of sp³-hybridized carbons (Fsp3) is 0.833. The second-order valence-electron chi connectivity index (χ2n) is 14.0. The van der Waals surface area contributed by atoms with Crippen molar-refractivity contribution in [2.45, 2.75) is 219 Å².